The molecule has 7 aromatic carbocycles. The van der Waals surface area contributed by atoms with Crippen LogP contribution in [-0.2, 0) is 10.8 Å². The molecule has 56 heavy (non-hydrogen) atoms. The lowest BCUT2D eigenvalue weighted by Crippen LogP contribution is -2.19. The van der Waals surface area contributed by atoms with Crippen molar-refractivity contribution in [1.29, 1.82) is 0 Å². The van der Waals surface area contributed by atoms with E-state index < -0.39 is 0 Å². The molecule has 0 amide bonds. The first-order chi connectivity index (χ1) is 27.0. The molecular weight excluding hydrogens is 679 g/mol. The quantitative estimate of drug-likeness (QED) is 0.169. The van der Waals surface area contributed by atoms with Gasteiger partial charge in [-0.25, -0.2) is 0 Å². The molecule has 1 saturated carbocycles. The molecule has 2 nitrogen and oxygen atoms in total. The van der Waals surface area contributed by atoms with Gasteiger partial charge in [-0.05, 0) is 105 Å². The fourth-order valence-corrected chi connectivity index (χ4v) is 9.07. The molecule has 0 atom stereocenters. The van der Waals surface area contributed by atoms with E-state index in [4.69, 9.17) is 4.42 Å². The van der Waals surface area contributed by atoms with Crippen molar-refractivity contribution < 1.29 is 4.42 Å². The standard InChI is InChI=1S/C54H53NO/c1-53(2,3)39-33-40(54(4,5)6)35-42(34-39)55(41-23-14-22-38(32-41)44-27-17-29-48-46-25-11-13-31-50(46)56-52(44)48)49-30-12-10-24-45(49)47-28-16-21-37-20-15-26-43(51(37)47)36-18-8-7-9-19-36/h10-17,20-36H,7-9,18-19H2,1-6H3. The molecule has 0 spiro atoms. The van der Waals surface area contributed by atoms with Gasteiger partial charge in [-0.1, -0.05) is 170 Å². The maximum absolute atomic E-state index is 6.58. The number of para-hydroxylation sites is 3. The third-order valence-electron chi connectivity index (χ3n) is 12.1. The summed E-state index contributed by atoms with van der Waals surface area (Å²) in [6.45, 7) is 14.0. The van der Waals surface area contributed by atoms with E-state index in [-0.39, 0.29) is 10.8 Å². The monoisotopic (exact) mass is 731 g/mol. The number of furan rings is 1. The number of benzene rings is 7. The summed E-state index contributed by atoms with van der Waals surface area (Å²) in [4.78, 5) is 2.52. The Hall–Kier alpha value is -5.60. The van der Waals surface area contributed by atoms with Gasteiger partial charge in [0, 0.05) is 33.3 Å². The van der Waals surface area contributed by atoms with Gasteiger partial charge in [0.15, 0.2) is 0 Å². The Morgan fingerprint density at radius 1 is 0.518 bits per heavy atom. The minimum atomic E-state index is -0.0372. The third kappa shape index (κ3) is 6.60. The predicted molar refractivity (Wildman–Crippen MR) is 240 cm³/mol. The van der Waals surface area contributed by atoms with E-state index in [0.29, 0.717) is 5.92 Å². The summed E-state index contributed by atoms with van der Waals surface area (Å²) < 4.78 is 6.58. The van der Waals surface area contributed by atoms with Crippen LogP contribution in [-0.4, -0.2) is 0 Å². The molecule has 280 valence electrons. The predicted octanol–water partition coefficient (Wildman–Crippen LogP) is 16.2. The van der Waals surface area contributed by atoms with E-state index >= 15 is 0 Å². The molecular formula is C54H53NO. The first kappa shape index (κ1) is 36.1. The average Bonchev–Trinajstić information content (AvgIpc) is 3.59. The smallest absolute Gasteiger partial charge is 0.143 e. The maximum atomic E-state index is 6.58. The molecule has 0 radical (unpaired) electrons. The zero-order valence-electron chi connectivity index (χ0n) is 33.8. The van der Waals surface area contributed by atoms with Crippen molar-refractivity contribution in [3.05, 3.63) is 162 Å². The summed E-state index contributed by atoms with van der Waals surface area (Å²) in [5.74, 6) is 0.590. The second-order valence-electron chi connectivity index (χ2n) is 18.0. The van der Waals surface area contributed by atoms with Gasteiger partial charge in [0.25, 0.3) is 0 Å². The number of anilines is 3. The van der Waals surface area contributed by atoms with Gasteiger partial charge >= 0.3 is 0 Å². The fourth-order valence-electron chi connectivity index (χ4n) is 9.07. The molecule has 0 bridgehead atoms. The van der Waals surface area contributed by atoms with Crippen LogP contribution in [0.4, 0.5) is 17.1 Å². The zero-order valence-corrected chi connectivity index (χ0v) is 33.8. The third-order valence-corrected chi connectivity index (χ3v) is 12.1. The van der Waals surface area contributed by atoms with Crippen molar-refractivity contribution in [3.8, 4) is 22.3 Å². The van der Waals surface area contributed by atoms with Crippen LogP contribution in [0.3, 0.4) is 0 Å². The summed E-state index contributed by atoms with van der Waals surface area (Å²) in [5, 5.41) is 5.01. The average molecular weight is 732 g/mol. The van der Waals surface area contributed by atoms with Crippen molar-refractivity contribution in [2.75, 3.05) is 4.90 Å². The molecule has 1 aromatic heterocycles. The molecule has 1 aliphatic rings. The summed E-state index contributed by atoms with van der Waals surface area (Å²) in [6, 6.07) is 54.2. The van der Waals surface area contributed by atoms with Crippen LogP contribution in [0.5, 0.6) is 0 Å². The van der Waals surface area contributed by atoms with Gasteiger partial charge in [-0.3, -0.25) is 0 Å². The molecule has 8 aromatic rings. The maximum Gasteiger partial charge on any atom is 0.143 e. The van der Waals surface area contributed by atoms with E-state index in [0.717, 1.165) is 38.8 Å². The van der Waals surface area contributed by atoms with Gasteiger partial charge < -0.3 is 9.32 Å². The van der Waals surface area contributed by atoms with E-state index in [1.54, 1.807) is 0 Å². The Labute approximate surface area is 332 Å². The first-order valence-corrected chi connectivity index (χ1v) is 20.6. The number of nitrogens with zero attached hydrogens (tertiary/aromatic N) is 1. The minimum absolute atomic E-state index is 0.0372. The van der Waals surface area contributed by atoms with E-state index in [1.165, 1.54) is 82.1 Å². The molecule has 9 rings (SSSR count). The van der Waals surface area contributed by atoms with Crippen LogP contribution in [0.1, 0.15) is 96.3 Å². The topological polar surface area (TPSA) is 16.4 Å². The van der Waals surface area contributed by atoms with Crippen molar-refractivity contribution in [2.45, 2.75) is 90.4 Å². The highest BCUT2D eigenvalue weighted by Gasteiger charge is 2.26. The largest absolute Gasteiger partial charge is 0.455 e. The molecule has 1 aliphatic carbocycles. The van der Waals surface area contributed by atoms with E-state index in [2.05, 4.69) is 186 Å². The summed E-state index contributed by atoms with van der Waals surface area (Å²) in [7, 11) is 0. The number of fused-ring (bicyclic) bond motifs is 4. The lowest BCUT2D eigenvalue weighted by Gasteiger charge is -2.33. The number of hydrogen-bond acceptors (Lipinski definition) is 2. The molecule has 0 unspecified atom stereocenters. The van der Waals surface area contributed by atoms with Crippen LogP contribution in [0.2, 0.25) is 0 Å². The molecule has 1 heterocycles. The van der Waals surface area contributed by atoms with Crippen LogP contribution in [0, 0.1) is 0 Å². The molecule has 0 aliphatic heterocycles. The normalized spacial score (nSPS) is 14.2. The SMILES string of the molecule is CC(C)(C)c1cc(N(c2cccc(-c3cccc4c3oc3ccccc34)c2)c2ccccc2-c2cccc3cccc(C4CCCCC4)c23)cc(C(C)(C)C)c1. The molecule has 0 N–H and O–H groups in total. The van der Waals surface area contributed by atoms with Crippen molar-refractivity contribution in [1.82, 2.24) is 0 Å². The number of hydrogen-bond donors (Lipinski definition) is 0. The van der Waals surface area contributed by atoms with Crippen molar-refractivity contribution in [2.24, 2.45) is 0 Å². The van der Waals surface area contributed by atoms with Gasteiger partial charge in [-0.2, -0.15) is 0 Å². The first-order valence-electron chi connectivity index (χ1n) is 20.6. The highest BCUT2D eigenvalue weighted by atomic mass is 16.3. The Kier molecular flexibility index (Phi) is 9.12. The Morgan fingerprint density at radius 2 is 1.14 bits per heavy atom. The van der Waals surface area contributed by atoms with Gasteiger partial charge in [-0.15, -0.1) is 0 Å². The highest BCUT2D eigenvalue weighted by Crippen LogP contribution is 2.48. The second kappa shape index (κ2) is 14.2. The van der Waals surface area contributed by atoms with Gasteiger partial charge in [0.05, 0.1) is 5.69 Å². The zero-order chi connectivity index (χ0) is 38.6. The second-order valence-corrected chi connectivity index (χ2v) is 18.0. The van der Waals surface area contributed by atoms with Gasteiger partial charge in [0.2, 0.25) is 0 Å². The van der Waals surface area contributed by atoms with Crippen molar-refractivity contribution >= 4 is 49.8 Å². The summed E-state index contributed by atoms with van der Waals surface area (Å²) >= 11 is 0. The minimum Gasteiger partial charge on any atom is -0.455 e. The highest BCUT2D eigenvalue weighted by molar-refractivity contribution is 6.10. The number of rotatable bonds is 6. The Bertz CT molecular complexity index is 2670. The van der Waals surface area contributed by atoms with Gasteiger partial charge in [0.1, 0.15) is 11.2 Å². The van der Waals surface area contributed by atoms with Crippen molar-refractivity contribution in [3.63, 3.8) is 0 Å². The van der Waals surface area contributed by atoms with Crippen LogP contribution < -0.4 is 4.90 Å². The molecule has 1 fully saturated rings. The molecule has 2 heteroatoms. The van der Waals surface area contributed by atoms with E-state index in [1.807, 2.05) is 6.07 Å². The Morgan fingerprint density at radius 3 is 1.91 bits per heavy atom. The van der Waals surface area contributed by atoms with E-state index in [9.17, 15) is 0 Å². The van der Waals surface area contributed by atoms with Crippen LogP contribution in [0.15, 0.2) is 150 Å². The summed E-state index contributed by atoms with van der Waals surface area (Å²) in [5.41, 5.74) is 14.1. The summed E-state index contributed by atoms with van der Waals surface area (Å²) in [6.07, 6.45) is 6.50. The van der Waals surface area contributed by atoms with Crippen LogP contribution in [0.25, 0.3) is 55.0 Å². The lowest BCUT2D eigenvalue weighted by molar-refractivity contribution is 0.445. The molecule has 0 saturated heterocycles. The lowest BCUT2D eigenvalue weighted by atomic mass is 9.80. The fraction of sp³-hybridized carbons (Fsp3) is 0.259. The van der Waals surface area contributed by atoms with Crippen LogP contribution >= 0.6 is 0 Å². The Balaban J connectivity index is 1.30.